The Balaban J connectivity index is 1.79. The van der Waals surface area contributed by atoms with Gasteiger partial charge < -0.3 is 19.7 Å². The summed E-state index contributed by atoms with van der Waals surface area (Å²) in [4.78, 5) is 0. The minimum Gasteiger partial charge on any atom is -0.493 e. The number of hydrogen-bond donors (Lipinski definition) is 2. The molecule has 0 unspecified atom stereocenters. The van der Waals surface area contributed by atoms with E-state index in [0.29, 0.717) is 29.3 Å². The average molecular weight is 445 g/mol. The predicted molar refractivity (Wildman–Crippen MR) is 131 cm³/mol. The van der Waals surface area contributed by atoms with Crippen LogP contribution in [0.4, 0.5) is 0 Å². The molecule has 0 amide bonds. The van der Waals surface area contributed by atoms with E-state index in [9.17, 15) is 10.2 Å². The highest BCUT2D eigenvalue weighted by molar-refractivity contribution is 5.62. The fraction of sp³-hybridized carbons (Fsp3) is 0.714. The van der Waals surface area contributed by atoms with Crippen LogP contribution >= 0.6 is 0 Å². The molecule has 0 radical (unpaired) electrons. The largest absolute Gasteiger partial charge is 0.493 e. The van der Waals surface area contributed by atoms with Crippen molar-refractivity contribution in [3.63, 3.8) is 0 Å². The van der Waals surface area contributed by atoms with Gasteiger partial charge in [0.15, 0.2) is 11.5 Å². The molecule has 2 N–H and O–H groups in total. The summed E-state index contributed by atoms with van der Waals surface area (Å²) in [6.45, 7) is 11.1. The van der Waals surface area contributed by atoms with Gasteiger partial charge in [-0.3, -0.25) is 0 Å². The van der Waals surface area contributed by atoms with Gasteiger partial charge in [0.2, 0.25) is 0 Å². The maximum absolute atomic E-state index is 11.4. The third-order valence-electron chi connectivity index (χ3n) is 8.76. The zero-order valence-corrected chi connectivity index (χ0v) is 21.2. The number of benzene rings is 1. The Labute approximate surface area is 195 Å². The van der Waals surface area contributed by atoms with Crippen molar-refractivity contribution in [1.29, 1.82) is 0 Å². The van der Waals surface area contributed by atoms with E-state index in [2.05, 4.69) is 20.8 Å². The van der Waals surface area contributed by atoms with Crippen molar-refractivity contribution in [1.82, 2.24) is 0 Å². The SMILES string of the molecule is COc1cccc(/C=C/[C@](C)(O)CC[C@@H]2[C@@]3(C)CCCC(C)(C)[C@@H]3CC[C@@]2(C)O)c1OC. The minimum absolute atomic E-state index is 0.110. The molecule has 0 aliphatic heterocycles. The molecule has 4 heteroatoms. The monoisotopic (exact) mass is 444 g/mol. The van der Waals surface area contributed by atoms with Crippen molar-refractivity contribution in [2.24, 2.45) is 22.7 Å². The van der Waals surface area contributed by atoms with Crippen molar-refractivity contribution in [2.45, 2.75) is 90.8 Å². The molecule has 2 aliphatic rings. The first-order valence-corrected chi connectivity index (χ1v) is 12.2. The Kier molecular flexibility index (Phi) is 7.08. The van der Waals surface area contributed by atoms with Crippen molar-refractivity contribution in [3.05, 3.63) is 29.8 Å². The summed E-state index contributed by atoms with van der Waals surface area (Å²) in [7, 11) is 3.25. The highest BCUT2D eigenvalue weighted by atomic mass is 16.5. The standard InChI is InChI=1S/C28H44O4/c1-25(2)15-9-16-27(4)22(25)14-19-28(5,30)23(27)13-18-26(3,29)17-12-20-10-8-11-21(31-6)24(20)32-7/h8,10-12,17,22-23,29-30H,9,13-16,18-19H2,1-7H3/b17-12+/t22-,23+,26-,27-,28+/m0/s1. The van der Waals surface area contributed by atoms with Gasteiger partial charge in [-0.2, -0.15) is 0 Å². The molecule has 5 atom stereocenters. The second kappa shape index (κ2) is 9.02. The number of rotatable bonds is 7. The van der Waals surface area contributed by atoms with Crippen LogP contribution in [0.25, 0.3) is 6.08 Å². The van der Waals surface area contributed by atoms with Crippen LogP contribution < -0.4 is 9.47 Å². The van der Waals surface area contributed by atoms with Crippen molar-refractivity contribution in [2.75, 3.05) is 14.2 Å². The van der Waals surface area contributed by atoms with E-state index in [1.54, 1.807) is 14.2 Å². The lowest BCUT2D eigenvalue weighted by atomic mass is 9.45. The van der Waals surface area contributed by atoms with Gasteiger partial charge in [0.1, 0.15) is 0 Å². The van der Waals surface area contributed by atoms with Gasteiger partial charge in [0.25, 0.3) is 0 Å². The molecule has 1 aromatic rings. The molecular weight excluding hydrogens is 400 g/mol. The second-order valence-corrected chi connectivity index (χ2v) is 11.7. The molecule has 3 rings (SSSR count). The van der Waals surface area contributed by atoms with Gasteiger partial charge in [-0.1, -0.05) is 51.5 Å². The summed E-state index contributed by atoms with van der Waals surface area (Å²) in [5.74, 6) is 2.14. The van der Waals surface area contributed by atoms with E-state index in [-0.39, 0.29) is 11.3 Å². The Hall–Kier alpha value is -1.52. The molecule has 1 aromatic carbocycles. The summed E-state index contributed by atoms with van der Waals surface area (Å²) < 4.78 is 10.9. The van der Waals surface area contributed by atoms with E-state index in [1.807, 2.05) is 44.2 Å². The van der Waals surface area contributed by atoms with Crippen LogP contribution in [0.1, 0.15) is 85.1 Å². The number of hydrogen-bond acceptors (Lipinski definition) is 4. The molecule has 4 nitrogen and oxygen atoms in total. The van der Waals surface area contributed by atoms with Gasteiger partial charge in [-0.25, -0.2) is 0 Å². The maximum atomic E-state index is 11.4. The van der Waals surface area contributed by atoms with Gasteiger partial charge in [-0.15, -0.1) is 0 Å². The molecule has 0 heterocycles. The smallest absolute Gasteiger partial charge is 0.167 e. The molecule has 2 fully saturated rings. The molecule has 0 spiro atoms. The second-order valence-electron chi connectivity index (χ2n) is 11.7. The Morgan fingerprint density at radius 2 is 1.81 bits per heavy atom. The van der Waals surface area contributed by atoms with Crippen molar-refractivity contribution < 1.29 is 19.7 Å². The number of methoxy groups -OCH3 is 2. The molecule has 0 aromatic heterocycles. The Bertz CT molecular complexity index is 823. The highest BCUT2D eigenvalue weighted by Crippen LogP contribution is 2.63. The molecule has 2 aliphatic carbocycles. The summed E-state index contributed by atoms with van der Waals surface area (Å²) in [5, 5.41) is 22.6. The summed E-state index contributed by atoms with van der Waals surface area (Å²) in [5.41, 5.74) is -0.365. The first-order valence-electron chi connectivity index (χ1n) is 12.2. The normalized spacial score (nSPS) is 34.0. The Morgan fingerprint density at radius 1 is 1.09 bits per heavy atom. The average Bonchev–Trinajstić information content (AvgIpc) is 2.70. The van der Waals surface area contributed by atoms with E-state index < -0.39 is 11.2 Å². The van der Waals surface area contributed by atoms with Crippen LogP contribution in [0.5, 0.6) is 11.5 Å². The zero-order valence-electron chi connectivity index (χ0n) is 21.2. The van der Waals surface area contributed by atoms with Gasteiger partial charge >= 0.3 is 0 Å². The van der Waals surface area contributed by atoms with E-state index in [4.69, 9.17) is 9.47 Å². The zero-order chi connectivity index (χ0) is 23.8. The van der Waals surface area contributed by atoms with Gasteiger partial charge in [0.05, 0.1) is 25.4 Å². The first-order chi connectivity index (χ1) is 14.9. The summed E-state index contributed by atoms with van der Waals surface area (Å²) in [6, 6.07) is 5.73. The van der Waals surface area contributed by atoms with E-state index in [1.165, 1.54) is 19.3 Å². The third-order valence-corrected chi connectivity index (χ3v) is 8.76. The lowest BCUT2D eigenvalue weighted by Crippen LogP contribution is -2.57. The van der Waals surface area contributed by atoms with E-state index in [0.717, 1.165) is 24.8 Å². The third kappa shape index (κ3) is 4.87. The lowest BCUT2D eigenvalue weighted by Gasteiger charge is -2.61. The molecule has 180 valence electrons. The molecule has 32 heavy (non-hydrogen) atoms. The number of ether oxygens (including phenoxy) is 2. The number of fused-ring (bicyclic) bond motifs is 1. The van der Waals surface area contributed by atoms with Crippen LogP contribution in [-0.4, -0.2) is 35.6 Å². The number of aliphatic hydroxyl groups is 2. The van der Waals surface area contributed by atoms with Crippen molar-refractivity contribution in [3.8, 4) is 11.5 Å². The fourth-order valence-electron chi connectivity index (χ4n) is 7.10. The van der Waals surface area contributed by atoms with Gasteiger partial charge in [0, 0.05) is 5.56 Å². The van der Waals surface area contributed by atoms with E-state index >= 15 is 0 Å². The lowest BCUT2D eigenvalue weighted by molar-refractivity contribution is -0.171. The topological polar surface area (TPSA) is 58.9 Å². The van der Waals surface area contributed by atoms with Crippen LogP contribution in [-0.2, 0) is 0 Å². The quantitative estimate of drug-likeness (QED) is 0.522. The maximum Gasteiger partial charge on any atom is 0.167 e. The summed E-state index contributed by atoms with van der Waals surface area (Å²) in [6.07, 6.45) is 10.8. The molecular formula is C28H44O4. The van der Waals surface area contributed by atoms with Crippen LogP contribution in [0.2, 0.25) is 0 Å². The first kappa shape index (κ1) is 25.1. The van der Waals surface area contributed by atoms with Crippen LogP contribution in [0, 0.1) is 22.7 Å². The summed E-state index contributed by atoms with van der Waals surface area (Å²) >= 11 is 0. The Morgan fingerprint density at radius 3 is 2.47 bits per heavy atom. The van der Waals surface area contributed by atoms with Crippen LogP contribution in [0.15, 0.2) is 24.3 Å². The predicted octanol–water partition coefficient (Wildman–Crippen LogP) is 6.24. The highest BCUT2D eigenvalue weighted by Gasteiger charge is 2.57. The number of para-hydroxylation sites is 1. The van der Waals surface area contributed by atoms with Crippen LogP contribution in [0.3, 0.4) is 0 Å². The van der Waals surface area contributed by atoms with Crippen molar-refractivity contribution >= 4 is 6.08 Å². The fourth-order valence-corrected chi connectivity index (χ4v) is 7.10. The van der Waals surface area contributed by atoms with Gasteiger partial charge in [-0.05, 0) is 81.1 Å². The molecule has 2 saturated carbocycles. The molecule has 0 saturated heterocycles. The molecule has 0 bridgehead atoms. The minimum atomic E-state index is -0.975.